The number of para-hydroxylation sites is 1. The van der Waals surface area contributed by atoms with Gasteiger partial charge in [-0.25, -0.2) is 0 Å². The topological polar surface area (TPSA) is 67.9 Å². The first kappa shape index (κ1) is 22.8. The van der Waals surface area contributed by atoms with E-state index in [0.717, 1.165) is 42.8 Å². The third kappa shape index (κ3) is 6.82. The summed E-state index contributed by atoms with van der Waals surface area (Å²) in [6.45, 7) is 5.03. The molecule has 166 valence electrons. The van der Waals surface area contributed by atoms with Crippen LogP contribution in [-0.4, -0.2) is 56.7 Å². The van der Waals surface area contributed by atoms with E-state index in [1.807, 2.05) is 60.4 Å². The molecule has 1 fully saturated rings. The van der Waals surface area contributed by atoms with Crippen LogP contribution in [0.15, 0.2) is 48.5 Å². The Morgan fingerprint density at radius 2 is 1.84 bits per heavy atom. The smallest absolute Gasteiger partial charge is 0.251 e. The predicted octanol–water partition coefficient (Wildman–Crippen LogP) is 3.23. The van der Waals surface area contributed by atoms with Gasteiger partial charge < -0.3 is 19.7 Å². The third-order valence-corrected chi connectivity index (χ3v) is 5.66. The zero-order chi connectivity index (χ0) is 22.1. The SMILES string of the molecule is COCCOc1ccccc1CC(=O)N1CCC(CNC(=O)c2cccc(C)c2)CC1. The fourth-order valence-electron chi connectivity index (χ4n) is 3.81. The van der Waals surface area contributed by atoms with Crippen LogP contribution >= 0.6 is 0 Å². The van der Waals surface area contributed by atoms with Crippen molar-refractivity contribution in [1.82, 2.24) is 10.2 Å². The normalized spacial score (nSPS) is 14.3. The number of methoxy groups -OCH3 is 1. The molecule has 0 atom stereocenters. The highest BCUT2D eigenvalue weighted by Gasteiger charge is 2.24. The van der Waals surface area contributed by atoms with Crippen molar-refractivity contribution in [2.24, 2.45) is 5.92 Å². The summed E-state index contributed by atoms with van der Waals surface area (Å²) in [5.74, 6) is 1.21. The van der Waals surface area contributed by atoms with Crippen LogP contribution in [-0.2, 0) is 16.0 Å². The largest absolute Gasteiger partial charge is 0.491 e. The maximum Gasteiger partial charge on any atom is 0.251 e. The Hall–Kier alpha value is -2.86. The van der Waals surface area contributed by atoms with Crippen LogP contribution in [0.3, 0.4) is 0 Å². The van der Waals surface area contributed by atoms with Crippen LogP contribution in [0, 0.1) is 12.8 Å². The molecule has 2 aromatic carbocycles. The van der Waals surface area contributed by atoms with Crippen LogP contribution in [0.1, 0.15) is 34.3 Å². The number of hydrogen-bond donors (Lipinski definition) is 1. The minimum absolute atomic E-state index is 0.0349. The molecular weight excluding hydrogens is 392 g/mol. The molecule has 1 aliphatic rings. The van der Waals surface area contributed by atoms with Gasteiger partial charge in [-0.3, -0.25) is 9.59 Å². The van der Waals surface area contributed by atoms with Gasteiger partial charge in [0.15, 0.2) is 0 Å². The summed E-state index contributed by atoms with van der Waals surface area (Å²) in [6.07, 6.45) is 2.12. The van der Waals surface area contributed by atoms with Crippen molar-refractivity contribution in [2.45, 2.75) is 26.2 Å². The van der Waals surface area contributed by atoms with E-state index < -0.39 is 0 Å². The highest BCUT2D eigenvalue weighted by Crippen LogP contribution is 2.22. The van der Waals surface area contributed by atoms with Gasteiger partial charge in [0.1, 0.15) is 12.4 Å². The number of aryl methyl sites for hydroxylation is 1. The van der Waals surface area contributed by atoms with E-state index in [0.29, 0.717) is 37.7 Å². The molecule has 6 heteroatoms. The number of nitrogens with one attached hydrogen (secondary N) is 1. The number of nitrogens with zero attached hydrogens (tertiary/aromatic N) is 1. The molecule has 2 amide bonds. The molecule has 1 heterocycles. The molecule has 2 aromatic rings. The molecule has 3 rings (SSSR count). The number of carbonyl (C=O) groups is 2. The summed E-state index contributed by atoms with van der Waals surface area (Å²) in [5, 5.41) is 3.04. The van der Waals surface area contributed by atoms with Gasteiger partial charge in [-0.2, -0.15) is 0 Å². The number of rotatable bonds is 9. The van der Waals surface area contributed by atoms with Gasteiger partial charge in [0, 0.05) is 37.9 Å². The Morgan fingerprint density at radius 3 is 2.58 bits per heavy atom. The van der Waals surface area contributed by atoms with Gasteiger partial charge in [0.2, 0.25) is 5.91 Å². The third-order valence-electron chi connectivity index (χ3n) is 5.66. The number of piperidine rings is 1. The van der Waals surface area contributed by atoms with Crippen molar-refractivity contribution >= 4 is 11.8 Å². The summed E-state index contributed by atoms with van der Waals surface area (Å²) >= 11 is 0. The molecule has 6 nitrogen and oxygen atoms in total. The number of hydrogen-bond acceptors (Lipinski definition) is 4. The lowest BCUT2D eigenvalue weighted by molar-refractivity contribution is -0.131. The van der Waals surface area contributed by atoms with Crippen LogP contribution in [0.2, 0.25) is 0 Å². The monoisotopic (exact) mass is 424 g/mol. The quantitative estimate of drug-likeness (QED) is 0.628. The van der Waals surface area contributed by atoms with Gasteiger partial charge in [-0.05, 0) is 43.9 Å². The fourth-order valence-corrected chi connectivity index (χ4v) is 3.81. The lowest BCUT2D eigenvalue weighted by atomic mass is 9.96. The molecule has 0 spiro atoms. The molecule has 31 heavy (non-hydrogen) atoms. The number of likely N-dealkylation sites (tertiary alicyclic amines) is 1. The van der Waals surface area contributed by atoms with Gasteiger partial charge in [0.25, 0.3) is 5.91 Å². The zero-order valence-electron chi connectivity index (χ0n) is 18.4. The van der Waals surface area contributed by atoms with Crippen LogP contribution in [0.5, 0.6) is 5.75 Å². The van der Waals surface area contributed by atoms with Crippen LogP contribution in [0.25, 0.3) is 0 Å². The van der Waals surface area contributed by atoms with Gasteiger partial charge in [-0.1, -0.05) is 35.9 Å². The first-order chi connectivity index (χ1) is 15.1. The first-order valence-electron chi connectivity index (χ1n) is 10.9. The standard InChI is InChI=1S/C25H32N2O4/c1-19-6-5-8-22(16-19)25(29)26-18-20-10-12-27(13-11-20)24(28)17-21-7-3-4-9-23(21)31-15-14-30-2/h3-9,16,20H,10-15,17-18H2,1-2H3,(H,26,29). The summed E-state index contributed by atoms with van der Waals surface area (Å²) < 4.78 is 10.8. The molecular formula is C25H32N2O4. The van der Waals surface area contributed by atoms with Gasteiger partial charge >= 0.3 is 0 Å². The second kappa shape index (κ2) is 11.5. The number of amides is 2. The van der Waals surface area contributed by atoms with Crippen molar-refractivity contribution in [1.29, 1.82) is 0 Å². The van der Waals surface area contributed by atoms with Crippen molar-refractivity contribution < 1.29 is 19.1 Å². The Morgan fingerprint density at radius 1 is 1.06 bits per heavy atom. The second-order valence-corrected chi connectivity index (χ2v) is 8.03. The first-order valence-corrected chi connectivity index (χ1v) is 10.9. The molecule has 0 saturated carbocycles. The fraction of sp³-hybridized carbons (Fsp3) is 0.440. The molecule has 0 aromatic heterocycles. The Balaban J connectivity index is 1.44. The highest BCUT2D eigenvalue weighted by molar-refractivity contribution is 5.94. The lowest BCUT2D eigenvalue weighted by Crippen LogP contribution is -2.42. The predicted molar refractivity (Wildman–Crippen MR) is 120 cm³/mol. The van der Waals surface area contributed by atoms with E-state index in [1.165, 1.54) is 0 Å². The summed E-state index contributed by atoms with van der Waals surface area (Å²) in [5.41, 5.74) is 2.67. The van der Waals surface area contributed by atoms with Crippen molar-refractivity contribution in [2.75, 3.05) is 40.0 Å². The van der Waals surface area contributed by atoms with E-state index in [9.17, 15) is 9.59 Å². The summed E-state index contributed by atoms with van der Waals surface area (Å²) in [4.78, 5) is 27.1. The molecule has 0 unspecified atom stereocenters. The lowest BCUT2D eigenvalue weighted by Gasteiger charge is -2.32. The van der Waals surface area contributed by atoms with Gasteiger partial charge in [0.05, 0.1) is 13.0 Å². The average molecular weight is 425 g/mol. The Labute approximate surface area is 184 Å². The minimum Gasteiger partial charge on any atom is -0.491 e. The van der Waals surface area contributed by atoms with E-state index in [-0.39, 0.29) is 11.8 Å². The maximum absolute atomic E-state index is 12.8. The van der Waals surface area contributed by atoms with Crippen molar-refractivity contribution in [3.05, 3.63) is 65.2 Å². The summed E-state index contributed by atoms with van der Waals surface area (Å²) in [6, 6.07) is 15.3. The Bertz CT molecular complexity index is 875. The van der Waals surface area contributed by atoms with E-state index in [1.54, 1.807) is 7.11 Å². The minimum atomic E-state index is -0.0349. The van der Waals surface area contributed by atoms with Gasteiger partial charge in [-0.15, -0.1) is 0 Å². The van der Waals surface area contributed by atoms with E-state index >= 15 is 0 Å². The maximum atomic E-state index is 12.8. The number of carbonyl (C=O) groups excluding carboxylic acids is 2. The van der Waals surface area contributed by atoms with Crippen LogP contribution < -0.4 is 10.1 Å². The second-order valence-electron chi connectivity index (χ2n) is 8.03. The van der Waals surface area contributed by atoms with E-state index in [2.05, 4.69) is 5.32 Å². The number of benzene rings is 2. The van der Waals surface area contributed by atoms with Crippen LogP contribution in [0.4, 0.5) is 0 Å². The average Bonchev–Trinajstić information content (AvgIpc) is 2.79. The molecule has 0 radical (unpaired) electrons. The van der Waals surface area contributed by atoms with E-state index in [4.69, 9.17) is 9.47 Å². The zero-order valence-corrected chi connectivity index (χ0v) is 18.4. The Kier molecular flexibility index (Phi) is 8.47. The number of ether oxygens (including phenoxy) is 2. The van der Waals surface area contributed by atoms with Crippen molar-refractivity contribution in [3.8, 4) is 5.75 Å². The van der Waals surface area contributed by atoms with Crippen molar-refractivity contribution in [3.63, 3.8) is 0 Å². The molecule has 1 N–H and O–H groups in total. The molecule has 0 aliphatic carbocycles. The summed E-state index contributed by atoms with van der Waals surface area (Å²) in [7, 11) is 1.64. The molecule has 0 bridgehead atoms. The highest BCUT2D eigenvalue weighted by atomic mass is 16.5. The molecule has 1 aliphatic heterocycles. The molecule has 1 saturated heterocycles.